The van der Waals surface area contributed by atoms with Crippen molar-refractivity contribution in [1.29, 1.82) is 0 Å². The molecular formula is C22H26FN3O. The quantitative estimate of drug-likeness (QED) is 0.824. The van der Waals surface area contributed by atoms with Gasteiger partial charge >= 0.3 is 0 Å². The van der Waals surface area contributed by atoms with Crippen molar-refractivity contribution in [2.75, 3.05) is 38.1 Å². The van der Waals surface area contributed by atoms with Crippen molar-refractivity contribution in [3.63, 3.8) is 0 Å². The second kappa shape index (κ2) is 8.82. The van der Waals surface area contributed by atoms with E-state index in [2.05, 4.69) is 34.3 Å². The number of hydrogen-bond acceptors (Lipinski definition) is 3. The number of benzene rings is 2. The van der Waals surface area contributed by atoms with Crippen molar-refractivity contribution in [2.24, 2.45) is 0 Å². The Balaban J connectivity index is 1.63. The first kappa shape index (κ1) is 19.1. The molecule has 2 aromatic carbocycles. The van der Waals surface area contributed by atoms with E-state index >= 15 is 0 Å². The van der Waals surface area contributed by atoms with Crippen LogP contribution in [0.2, 0.25) is 0 Å². The number of anilines is 1. The maximum atomic E-state index is 13.0. The SMILES string of the molecule is C/C(=C\C(=O)NCc1ccccc1N1CCN(C)CC1)c1ccc(F)cc1. The molecule has 0 aromatic heterocycles. The zero-order valence-electron chi connectivity index (χ0n) is 15.9. The Labute approximate surface area is 160 Å². The van der Waals surface area contributed by atoms with Crippen molar-refractivity contribution >= 4 is 17.2 Å². The molecule has 1 aliphatic rings. The molecule has 27 heavy (non-hydrogen) atoms. The summed E-state index contributed by atoms with van der Waals surface area (Å²) in [4.78, 5) is 17.0. The van der Waals surface area contributed by atoms with Crippen molar-refractivity contribution in [3.05, 3.63) is 71.6 Å². The average molecular weight is 367 g/mol. The topological polar surface area (TPSA) is 35.6 Å². The zero-order valence-corrected chi connectivity index (χ0v) is 15.9. The summed E-state index contributed by atoms with van der Waals surface area (Å²) < 4.78 is 13.0. The molecule has 1 aliphatic heterocycles. The Kier molecular flexibility index (Phi) is 6.24. The van der Waals surface area contributed by atoms with Crippen molar-refractivity contribution in [1.82, 2.24) is 10.2 Å². The largest absolute Gasteiger partial charge is 0.369 e. The van der Waals surface area contributed by atoms with E-state index in [1.807, 2.05) is 19.1 Å². The number of rotatable bonds is 5. The van der Waals surface area contributed by atoms with Crippen LogP contribution in [-0.2, 0) is 11.3 Å². The van der Waals surface area contributed by atoms with E-state index in [0.29, 0.717) is 6.54 Å². The Morgan fingerprint density at radius 3 is 2.44 bits per heavy atom. The first-order valence-electron chi connectivity index (χ1n) is 9.26. The first-order chi connectivity index (χ1) is 13.0. The molecule has 1 heterocycles. The molecule has 0 saturated carbocycles. The van der Waals surface area contributed by atoms with Gasteiger partial charge in [0.2, 0.25) is 5.91 Å². The smallest absolute Gasteiger partial charge is 0.244 e. The molecule has 3 rings (SSSR count). The second-order valence-corrected chi connectivity index (χ2v) is 6.97. The van der Waals surface area contributed by atoms with E-state index in [4.69, 9.17) is 0 Å². The monoisotopic (exact) mass is 367 g/mol. The van der Waals surface area contributed by atoms with Gasteiger partial charge in [-0.1, -0.05) is 30.3 Å². The molecule has 5 heteroatoms. The molecule has 1 amide bonds. The van der Waals surface area contributed by atoms with Crippen LogP contribution in [0.15, 0.2) is 54.6 Å². The Bertz CT molecular complexity index is 809. The molecule has 0 unspecified atom stereocenters. The minimum Gasteiger partial charge on any atom is -0.369 e. The summed E-state index contributed by atoms with van der Waals surface area (Å²) in [7, 11) is 2.14. The lowest BCUT2D eigenvalue weighted by Gasteiger charge is -2.35. The van der Waals surface area contributed by atoms with E-state index in [1.165, 1.54) is 17.8 Å². The van der Waals surface area contributed by atoms with E-state index in [1.54, 1.807) is 18.2 Å². The molecule has 0 spiro atoms. The summed E-state index contributed by atoms with van der Waals surface area (Å²) in [5, 5.41) is 2.97. The predicted molar refractivity (Wildman–Crippen MR) is 108 cm³/mol. The number of nitrogens with zero attached hydrogens (tertiary/aromatic N) is 2. The third-order valence-corrected chi connectivity index (χ3v) is 4.94. The van der Waals surface area contributed by atoms with Crippen molar-refractivity contribution in [2.45, 2.75) is 13.5 Å². The van der Waals surface area contributed by atoms with E-state index < -0.39 is 0 Å². The minimum atomic E-state index is -0.281. The third kappa shape index (κ3) is 5.17. The number of carbonyl (C=O) groups is 1. The highest BCUT2D eigenvalue weighted by Gasteiger charge is 2.16. The van der Waals surface area contributed by atoms with Gasteiger partial charge in [-0.25, -0.2) is 4.39 Å². The van der Waals surface area contributed by atoms with Crippen LogP contribution in [0.4, 0.5) is 10.1 Å². The Morgan fingerprint density at radius 2 is 1.74 bits per heavy atom. The molecule has 0 aliphatic carbocycles. The van der Waals surface area contributed by atoms with Gasteiger partial charge < -0.3 is 15.1 Å². The van der Waals surface area contributed by atoms with Crippen LogP contribution in [-0.4, -0.2) is 44.0 Å². The molecule has 2 aromatic rings. The summed E-state index contributed by atoms with van der Waals surface area (Å²) in [5.41, 5.74) is 3.94. The molecule has 1 saturated heterocycles. The number of carbonyl (C=O) groups excluding carboxylic acids is 1. The highest BCUT2D eigenvalue weighted by atomic mass is 19.1. The van der Waals surface area contributed by atoms with Gasteiger partial charge in [0.15, 0.2) is 0 Å². The maximum Gasteiger partial charge on any atom is 0.244 e. The number of hydrogen-bond donors (Lipinski definition) is 1. The number of allylic oxidation sites excluding steroid dienone is 1. The normalized spacial score (nSPS) is 15.7. The summed E-state index contributed by atoms with van der Waals surface area (Å²) in [6.07, 6.45) is 1.56. The Morgan fingerprint density at radius 1 is 1.07 bits per heavy atom. The van der Waals surface area contributed by atoms with Gasteiger partial charge in [-0.15, -0.1) is 0 Å². The van der Waals surface area contributed by atoms with Crippen molar-refractivity contribution < 1.29 is 9.18 Å². The fourth-order valence-corrected chi connectivity index (χ4v) is 3.24. The molecule has 1 fully saturated rings. The van der Waals surface area contributed by atoms with E-state index in [-0.39, 0.29) is 11.7 Å². The van der Waals surface area contributed by atoms with Crippen LogP contribution in [0.3, 0.4) is 0 Å². The summed E-state index contributed by atoms with van der Waals surface area (Å²) in [6.45, 7) is 6.40. The van der Waals surface area contributed by atoms with E-state index in [0.717, 1.165) is 42.9 Å². The highest BCUT2D eigenvalue weighted by Crippen LogP contribution is 2.21. The number of halogens is 1. The third-order valence-electron chi connectivity index (χ3n) is 4.94. The fraction of sp³-hybridized carbons (Fsp3) is 0.318. The lowest BCUT2D eigenvalue weighted by atomic mass is 10.1. The number of likely N-dealkylation sites (N-methyl/N-ethyl adjacent to an activating group) is 1. The standard InChI is InChI=1S/C22H26FN3O/c1-17(18-7-9-20(23)10-8-18)15-22(27)24-16-19-5-3-4-6-21(19)26-13-11-25(2)12-14-26/h3-10,15H,11-14,16H2,1-2H3,(H,24,27)/b17-15+. The maximum absolute atomic E-state index is 13.0. The fourth-order valence-electron chi connectivity index (χ4n) is 3.24. The zero-order chi connectivity index (χ0) is 19.2. The molecule has 0 bridgehead atoms. The van der Waals surface area contributed by atoms with Crippen molar-refractivity contribution in [3.8, 4) is 0 Å². The molecule has 0 radical (unpaired) electrons. The van der Waals surface area contributed by atoms with Gasteiger partial charge in [0.05, 0.1) is 0 Å². The number of para-hydroxylation sites is 1. The van der Waals surface area contributed by atoms with Gasteiger partial charge in [0.25, 0.3) is 0 Å². The Hall–Kier alpha value is -2.66. The number of piperazine rings is 1. The molecule has 4 nitrogen and oxygen atoms in total. The molecular weight excluding hydrogens is 341 g/mol. The molecule has 1 N–H and O–H groups in total. The summed E-state index contributed by atoms with van der Waals surface area (Å²) >= 11 is 0. The van der Waals surface area contributed by atoms with Gasteiger partial charge in [0, 0.05) is 44.5 Å². The number of amides is 1. The van der Waals surface area contributed by atoms with Crippen LogP contribution < -0.4 is 10.2 Å². The van der Waals surface area contributed by atoms with Crippen LogP contribution in [0, 0.1) is 5.82 Å². The van der Waals surface area contributed by atoms with Gasteiger partial charge in [0.1, 0.15) is 5.82 Å². The van der Waals surface area contributed by atoms with Gasteiger partial charge in [-0.2, -0.15) is 0 Å². The lowest BCUT2D eigenvalue weighted by Crippen LogP contribution is -2.45. The minimum absolute atomic E-state index is 0.148. The van der Waals surface area contributed by atoms with E-state index in [9.17, 15) is 9.18 Å². The lowest BCUT2D eigenvalue weighted by molar-refractivity contribution is -0.116. The molecule has 0 atom stereocenters. The summed E-state index contributed by atoms with van der Waals surface area (Å²) in [6, 6.07) is 14.4. The average Bonchev–Trinajstić information content (AvgIpc) is 2.68. The van der Waals surface area contributed by atoms with Crippen LogP contribution in [0.5, 0.6) is 0 Å². The first-order valence-corrected chi connectivity index (χ1v) is 9.26. The van der Waals surface area contributed by atoms with Gasteiger partial charge in [-0.3, -0.25) is 4.79 Å². The summed E-state index contributed by atoms with van der Waals surface area (Å²) in [5.74, 6) is -0.429. The number of nitrogens with one attached hydrogen (secondary N) is 1. The van der Waals surface area contributed by atoms with Gasteiger partial charge in [-0.05, 0) is 48.9 Å². The van der Waals surface area contributed by atoms with Crippen LogP contribution >= 0.6 is 0 Å². The second-order valence-electron chi connectivity index (χ2n) is 6.97. The van der Waals surface area contributed by atoms with Crippen LogP contribution in [0.1, 0.15) is 18.1 Å². The highest BCUT2D eigenvalue weighted by molar-refractivity contribution is 5.94. The molecule has 142 valence electrons. The van der Waals surface area contributed by atoms with Crippen LogP contribution in [0.25, 0.3) is 5.57 Å². The predicted octanol–water partition coefficient (Wildman–Crippen LogP) is 3.30.